The van der Waals surface area contributed by atoms with Gasteiger partial charge >= 0.3 is 6.03 Å². The van der Waals surface area contributed by atoms with Crippen molar-refractivity contribution in [2.45, 2.75) is 44.1 Å². The predicted molar refractivity (Wildman–Crippen MR) is 106 cm³/mol. The molecule has 31 heavy (non-hydrogen) atoms. The predicted octanol–water partition coefficient (Wildman–Crippen LogP) is 1.49. The summed E-state index contributed by atoms with van der Waals surface area (Å²) in [5.74, 6) is -1.69. The van der Waals surface area contributed by atoms with Crippen LogP contribution in [-0.4, -0.2) is 51.9 Å². The molecule has 11 heteroatoms. The maximum Gasteiger partial charge on any atom is 0.319 e. The molecule has 1 saturated heterocycles. The van der Waals surface area contributed by atoms with Crippen molar-refractivity contribution < 1.29 is 28.2 Å². The van der Waals surface area contributed by atoms with Crippen molar-refractivity contribution in [2.24, 2.45) is 0 Å². The topological polar surface area (TPSA) is 125 Å². The fourth-order valence-electron chi connectivity index (χ4n) is 3.26. The highest BCUT2D eigenvalue weighted by Crippen LogP contribution is 2.22. The average molecular weight is 435 g/mol. The molecule has 1 aliphatic rings. The third kappa shape index (κ3) is 6.66. The molecule has 1 aromatic heterocycles. The van der Waals surface area contributed by atoms with Gasteiger partial charge in [-0.15, -0.1) is 0 Å². The zero-order valence-corrected chi connectivity index (χ0v) is 16.6. The van der Waals surface area contributed by atoms with E-state index in [1.165, 1.54) is 6.33 Å². The van der Waals surface area contributed by atoms with Crippen LogP contribution in [0.4, 0.5) is 19.3 Å². The van der Waals surface area contributed by atoms with Gasteiger partial charge in [-0.3, -0.25) is 4.79 Å². The Bertz CT molecular complexity index is 902. The van der Waals surface area contributed by atoms with E-state index in [4.69, 9.17) is 4.74 Å². The van der Waals surface area contributed by atoms with Crippen molar-refractivity contribution in [3.8, 4) is 0 Å². The number of amides is 3. The summed E-state index contributed by atoms with van der Waals surface area (Å²) in [5, 5.41) is 17.2. The minimum Gasteiger partial charge on any atom is -0.394 e. The molecular formula is C20H23F2N5O4. The smallest absolute Gasteiger partial charge is 0.319 e. The van der Waals surface area contributed by atoms with Gasteiger partial charge in [0.15, 0.2) is 0 Å². The summed E-state index contributed by atoms with van der Waals surface area (Å²) in [6.45, 7) is -0.114. The molecule has 1 aromatic carbocycles. The van der Waals surface area contributed by atoms with Crippen LogP contribution >= 0.6 is 0 Å². The SMILES string of the molecule is O=C(C[C@@H]1CC[C@@H](NC(=O)Nc2cc(F)ccc2F)[C@H](CO)O1)NCc1ccncn1. The molecule has 2 heterocycles. The van der Waals surface area contributed by atoms with Crippen molar-refractivity contribution in [1.82, 2.24) is 20.6 Å². The van der Waals surface area contributed by atoms with Crippen LogP contribution in [0.1, 0.15) is 25.0 Å². The van der Waals surface area contributed by atoms with Gasteiger partial charge in [-0.1, -0.05) is 0 Å². The molecule has 0 aliphatic carbocycles. The van der Waals surface area contributed by atoms with Crippen LogP contribution in [-0.2, 0) is 16.1 Å². The van der Waals surface area contributed by atoms with E-state index in [9.17, 15) is 23.5 Å². The summed E-state index contributed by atoms with van der Waals surface area (Å²) >= 11 is 0. The maximum atomic E-state index is 13.7. The number of aromatic nitrogens is 2. The second kappa shape index (κ2) is 10.7. The monoisotopic (exact) mass is 435 g/mol. The quantitative estimate of drug-likeness (QED) is 0.522. The van der Waals surface area contributed by atoms with Crippen LogP contribution in [0, 0.1) is 11.6 Å². The molecule has 0 saturated carbocycles. The molecule has 3 rings (SSSR count). The first-order chi connectivity index (χ1) is 14.9. The lowest BCUT2D eigenvalue weighted by molar-refractivity contribution is -0.130. The number of urea groups is 1. The Kier molecular flexibility index (Phi) is 7.79. The molecule has 0 spiro atoms. The average Bonchev–Trinajstić information content (AvgIpc) is 2.76. The van der Waals surface area contributed by atoms with E-state index in [1.54, 1.807) is 12.3 Å². The summed E-state index contributed by atoms with van der Waals surface area (Å²) in [4.78, 5) is 32.1. The lowest BCUT2D eigenvalue weighted by Gasteiger charge is -2.35. The Labute approximate surface area is 177 Å². The molecule has 1 aliphatic heterocycles. The minimum absolute atomic E-state index is 0.0923. The number of rotatable bonds is 7. The molecule has 1 fully saturated rings. The normalized spacial score (nSPS) is 20.7. The van der Waals surface area contributed by atoms with E-state index in [1.807, 2.05) is 0 Å². The molecule has 4 N–H and O–H groups in total. The molecule has 3 atom stereocenters. The van der Waals surface area contributed by atoms with Crippen molar-refractivity contribution in [3.63, 3.8) is 0 Å². The highest BCUT2D eigenvalue weighted by Gasteiger charge is 2.33. The molecule has 0 unspecified atom stereocenters. The number of hydrogen-bond acceptors (Lipinski definition) is 6. The number of anilines is 1. The number of aliphatic hydroxyl groups excluding tert-OH is 1. The van der Waals surface area contributed by atoms with Crippen LogP contribution in [0.25, 0.3) is 0 Å². The van der Waals surface area contributed by atoms with E-state index in [0.717, 1.165) is 18.2 Å². The summed E-state index contributed by atoms with van der Waals surface area (Å²) in [5.41, 5.74) is 0.374. The Hall–Kier alpha value is -3.18. The second-order valence-corrected chi connectivity index (χ2v) is 7.07. The summed E-state index contributed by atoms with van der Waals surface area (Å²) in [7, 11) is 0. The highest BCUT2D eigenvalue weighted by molar-refractivity contribution is 5.89. The number of nitrogens with zero attached hydrogens (tertiary/aromatic N) is 2. The Morgan fingerprint density at radius 2 is 2.06 bits per heavy atom. The standard InChI is InChI=1S/C20H23F2N5O4/c21-12-1-3-15(22)17(7-12)27-20(30)26-16-4-2-14(31-18(16)10-28)8-19(29)24-9-13-5-6-23-11-25-13/h1,3,5-7,11,14,16,18,28H,2,4,8-10H2,(H,24,29)(H2,26,27,30)/t14-,16+,18-/m0/s1. The summed E-state index contributed by atoms with van der Waals surface area (Å²) in [6.07, 6.45) is 2.81. The third-order valence-electron chi connectivity index (χ3n) is 4.81. The van der Waals surface area contributed by atoms with Crippen molar-refractivity contribution >= 4 is 17.6 Å². The molecule has 166 valence electrons. The molecule has 0 bridgehead atoms. The van der Waals surface area contributed by atoms with Crippen molar-refractivity contribution in [2.75, 3.05) is 11.9 Å². The number of nitrogens with one attached hydrogen (secondary N) is 3. The molecular weight excluding hydrogens is 412 g/mol. The van der Waals surface area contributed by atoms with Crippen LogP contribution < -0.4 is 16.0 Å². The Morgan fingerprint density at radius 3 is 2.81 bits per heavy atom. The lowest BCUT2D eigenvalue weighted by atomic mass is 9.97. The van der Waals surface area contributed by atoms with Gasteiger partial charge in [0.2, 0.25) is 5.91 Å². The molecule has 0 radical (unpaired) electrons. The number of carbonyl (C=O) groups is 2. The van der Waals surface area contributed by atoms with Crippen LogP contribution in [0.5, 0.6) is 0 Å². The summed E-state index contributed by atoms with van der Waals surface area (Å²) in [6, 6.07) is 3.10. The lowest BCUT2D eigenvalue weighted by Crippen LogP contribution is -2.52. The van der Waals surface area contributed by atoms with Gasteiger partial charge in [0.25, 0.3) is 0 Å². The maximum absolute atomic E-state index is 13.7. The highest BCUT2D eigenvalue weighted by atomic mass is 19.1. The minimum atomic E-state index is -0.775. The van der Waals surface area contributed by atoms with Crippen molar-refractivity contribution in [1.29, 1.82) is 0 Å². The van der Waals surface area contributed by atoms with Crippen LogP contribution in [0.2, 0.25) is 0 Å². The van der Waals surface area contributed by atoms with E-state index < -0.39 is 35.9 Å². The van der Waals surface area contributed by atoms with Crippen LogP contribution in [0.3, 0.4) is 0 Å². The van der Waals surface area contributed by atoms with Gasteiger partial charge in [-0.05, 0) is 31.0 Å². The number of carbonyl (C=O) groups excluding carboxylic acids is 2. The van der Waals surface area contributed by atoms with Crippen molar-refractivity contribution in [3.05, 3.63) is 54.1 Å². The Balaban J connectivity index is 1.46. The first kappa shape index (κ1) is 22.5. The Morgan fingerprint density at radius 1 is 1.23 bits per heavy atom. The molecule has 9 nitrogen and oxygen atoms in total. The van der Waals surface area contributed by atoms with Gasteiger partial charge in [0, 0.05) is 12.3 Å². The zero-order chi connectivity index (χ0) is 22.2. The van der Waals surface area contributed by atoms with Gasteiger partial charge in [0.1, 0.15) is 24.1 Å². The van der Waals surface area contributed by atoms with Gasteiger partial charge in [0.05, 0.1) is 43.1 Å². The number of ether oxygens (including phenoxy) is 1. The fourth-order valence-corrected chi connectivity index (χ4v) is 3.26. The zero-order valence-electron chi connectivity index (χ0n) is 16.6. The molecule has 2 aromatic rings. The van der Waals surface area contributed by atoms with E-state index in [2.05, 4.69) is 25.9 Å². The number of benzene rings is 1. The van der Waals surface area contributed by atoms with Crippen LogP contribution in [0.15, 0.2) is 36.8 Å². The summed E-state index contributed by atoms with van der Waals surface area (Å²) < 4.78 is 32.7. The third-order valence-corrected chi connectivity index (χ3v) is 4.81. The van der Waals surface area contributed by atoms with E-state index in [-0.39, 0.29) is 31.2 Å². The fraction of sp³-hybridized carbons (Fsp3) is 0.400. The second-order valence-electron chi connectivity index (χ2n) is 7.07. The first-order valence-corrected chi connectivity index (χ1v) is 9.75. The number of halogens is 2. The van der Waals surface area contributed by atoms with E-state index in [0.29, 0.717) is 18.5 Å². The number of aliphatic hydroxyl groups is 1. The largest absolute Gasteiger partial charge is 0.394 e. The molecule has 3 amide bonds. The van der Waals surface area contributed by atoms with Gasteiger partial charge in [-0.25, -0.2) is 23.5 Å². The van der Waals surface area contributed by atoms with Gasteiger partial charge in [-0.2, -0.15) is 0 Å². The van der Waals surface area contributed by atoms with E-state index >= 15 is 0 Å². The van der Waals surface area contributed by atoms with Gasteiger partial charge < -0.3 is 25.8 Å². The number of hydrogen-bond donors (Lipinski definition) is 4. The first-order valence-electron chi connectivity index (χ1n) is 9.75.